The summed E-state index contributed by atoms with van der Waals surface area (Å²) in [4.78, 5) is 38.1. The molecule has 1 fully saturated rings. The molecule has 240 valence electrons. The van der Waals surface area contributed by atoms with Crippen molar-refractivity contribution in [3.05, 3.63) is 45.6 Å². The highest BCUT2D eigenvalue weighted by atomic mass is 16.5. The number of fused-ring (bicyclic) bond motifs is 3. The third-order valence-electron chi connectivity index (χ3n) is 8.37. The minimum atomic E-state index is -0.358. The molecule has 4 rings (SSSR count). The largest absolute Gasteiger partial charge is 0.493 e. The molecule has 0 radical (unpaired) electrons. The molecule has 2 aromatic rings. The van der Waals surface area contributed by atoms with Gasteiger partial charge in [0.2, 0.25) is 23.0 Å². The van der Waals surface area contributed by atoms with Crippen LogP contribution in [0, 0.1) is 0 Å². The minimum Gasteiger partial charge on any atom is -0.493 e. The number of hydrogen-bond donors (Lipinski definition) is 3. The first-order valence-electron chi connectivity index (χ1n) is 15.5. The van der Waals surface area contributed by atoms with Crippen LogP contribution in [0.3, 0.4) is 0 Å². The van der Waals surface area contributed by atoms with Crippen molar-refractivity contribution in [2.45, 2.75) is 89.8 Å². The molecule has 1 heterocycles. The van der Waals surface area contributed by atoms with Gasteiger partial charge in [-0.25, -0.2) is 0 Å². The number of carbonyl (C=O) groups is 2. The lowest BCUT2D eigenvalue weighted by atomic mass is 9.94. The average Bonchev–Trinajstić information content (AvgIpc) is 3.21. The van der Waals surface area contributed by atoms with Gasteiger partial charge in [-0.1, -0.05) is 12.5 Å². The van der Waals surface area contributed by atoms with Gasteiger partial charge in [0.25, 0.3) is 0 Å². The van der Waals surface area contributed by atoms with Gasteiger partial charge in [-0.05, 0) is 87.3 Å². The van der Waals surface area contributed by atoms with Gasteiger partial charge in [0, 0.05) is 38.1 Å². The number of hydrogen-bond acceptors (Lipinski definition) is 8. The monoisotopic (exact) mass is 609 g/mol. The van der Waals surface area contributed by atoms with E-state index in [2.05, 4.69) is 29.8 Å². The van der Waals surface area contributed by atoms with E-state index in [4.69, 9.17) is 18.9 Å². The molecule has 44 heavy (non-hydrogen) atoms. The van der Waals surface area contributed by atoms with Crippen LogP contribution in [0.5, 0.6) is 17.2 Å². The first kappa shape index (κ1) is 33.1. The van der Waals surface area contributed by atoms with Crippen LogP contribution < -0.4 is 35.6 Å². The zero-order valence-corrected chi connectivity index (χ0v) is 26.9. The van der Waals surface area contributed by atoms with Crippen LogP contribution >= 0.6 is 0 Å². The smallest absolute Gasteiger partial charge is 0.220 e. The number of amides is 2. The van der Waals surface area contributed by atoms with Crippen molar-refractivity contribution in [3.63, 3.8) is 0 Å². The summed E-state index contributed by atoms with van der Waals surface area (Å²) in [6.45, 7) is 6.86. The number of carbonyl (C=O) groups excluding carboxylic acids is 2. The van der Waals surface area contributed by atoms with Gasteiger partial charge >= 0.3 is 0 Å². The predicted molar refractivity (Wildman–Crippen MR) is 171 cm³/mol. The quantitative estimate of drug-likeness (QED) is 0.290. The zero-order chi connectivity index (χ0) is 31.9. The van der Waals surface area contributed by atoms with Gasteiger partial charge < -0.3 is 34.9 Å². The summed E-state index contributed by atoms with van der Waals surface area (Å²) in [5, 5.41) is 9.48. The maximum atomic E-state index is 13.5. The van der Waals surface area contributed by atoms with Crippen molar-refractivity contribution in [3.8, 4) is 28.4 Å². The molecular weight excluding hydrogens is 562 g/mol. The third kappa shape index (κ3) is 8.02. The van der Waals surface area contributed by atoms with E-state index >= 15 is 0 Å². The molecule has 0 unspecified atom stereocenters. The second-order valence-corrected chi connectivity index (χ2v) is 12.2. The molecule has 10 heteroatoms. The van der Waals surface area contributed by atoms with Gasteiger partial charge in [-0.15, -0.1) is 0 Å². The Morgan fingerprint density at radius 1 is 0.977 bits per heavy atom. The van der Waals surface area contributed by atoms with Gasteiger partial charge in [0.15, 0.2) is 11.5 Å². The minimum absolute atomic E-state index is 0.0813. The van der Waals surface area contributed by atoms with Crippen molar-refractivity contribution in [2.75, 3.05) is 39.8 Å². The van der Waals surface area contributed by atoms with Crippen LogP contribution in [0.1, 0.15) is 82.9 Å². The van der Waals surface area contributed by atoms with Gasteiger partial charge in [0.05, 0.1) is 38.7 Å². The number of unbranched alkanes of at least 4 members (excludes halogenated alkanes) is 2. The molecule has 2 atom stereocenters. The summed E-state index contributed by atoms with van der Waals surface area (Å²) in [5.41, 5.74) is 3.42. The van der Waals surface area contributed by atoms with Crippen molar-refractivity contribution in [1.82, 2.24) is 10.6 Å². The Labute approximate surface area is 260 Å². The van der Waals surface area contributed by atoms with Gasteiger partial charge in [-0.2, -0.15) is 0 Å². The van der Waals surface area contributed by atoms with E-state index in [1.807, 2.05) is 12.1 Å². The average molecular weight is 610 g/mol. The lowest BCUT2D eigenvalue weighted by Crippen LogP contribution is -2.45. The fourth-order valence-corrected chi connectivity index (χ4v) is 6.32. The number of anilines is 1. The topological polar surface area (TPSA) is 124 Å². The summed E-state index contributed by atoms with van der Waals surface area (Å²) < 4.78 is 22.8. The second kappa shape index (κ2) is 14.8. The molecule has 2 aliphatic rings. The van der Waals surface area contributed by atoms with Crippen LogP contribution in [0.4, 0.5) is 5.69 Å². The maximum Gasteiger partial charge on any atom is 0.220 e. The van der Waals surface area contributed by atoms with Crippen molar-refractivity contribution >= 4 is 17.5 Å². The molecule has 1 aliphatic carbocycles. The third-order valence-corrected chi connectivity index (χ3v) is 8.37. The Morgan fingerprint density at radius 2 is 1.75 bits per heavy atom. The Hall–Kier alpha value is -3.79. The summed E-state index contributed by atoms with van der Waals surface area (Å²) >= 11 is 0. The first-order valence-corrected chi connectivity index (χ1v) is 15.5. The Kier molecular flexibility index (Phi) is 11.1. The number of nitrogens with one attached hydrogen (secondary N) is 3. The SMILES string of the molecule is COc1cc2c(c(OC)c1OC)-c1ccc(NCCCCCC(=O)N[C@H]3CCOC(C)(C)C3)c(=O)cc1[C@@H](NC(C)=O)CC2. The number of methoxy groups -OCH3 is 3. The van der Waals surface area contributed by atoms with E-state index in [-0.39, 0.29) is 34.9 Å². The predicted octanol–water partition coefficient (Wildman–Crippen LogP) is 4.91. The fourth-order valence-electron chi connectivity index (χ4n) is 6.32. The van der Waals surface area contributed by atoms with Gasteiger partial charge in [0.1, 0.15) is 0 Å². The van der Waals surface area contributed by atoms with Crippen molar-refractivity contribution < 1.29 is 28.5 Å². The molecule has 0 saturated carbocycles. The van der Waals surface area contributed by atoms with Crippen molar-refractivity contribution in [1.29, 1.82) is 0 Å². The molecule has 0 bridgehead atoms. The lowest BCUT2D eigenvalue weighted by molar-refractivity contribution is -0.124. The summed E-state index contributed by atoms with van der Waals surface area (Å²) in [5.74, 6) is 1.45. The Balaban J connectivity index is 1.47. The molecule has 1 saturated heterocycles. The first-order chi connectivity index (χ1) is 21.1. The summed E-state index contributed by atoms with van der Waals surface area (Å²) in [7, 11) is 4.73. The van der Waals surface area contributed by atoms with Crippen LogP contribution in [-0.2, 0) is 20.7 Å². The van der Waals surface area contributed by atoms with Crippen molar-refractivity contribution in [2.24, 2.45) is 0 Å². The van der Waals surface area contributed by atoms with Crippen LogP contribution in [0.2, 0.25) is 0 Å². The molecular formula is C34H47N3O7. The zero-order valence-electron chi connectivity index (χ0n) is 26.9. The summed E-state index contributed by atoms with van der Waals surface area (Å²) in [6, 6.07) is 7.06. The summed E-state index contributed by atoms with van der Waals surface area (Å²) in [6.07, 6.45) is 5.85. The van der Waals surface area contributed by atoms with E-state index < -0.39 is 0 Å². The second-order valence-electron chi connectivity index (χ2n) is 12.2. The highest BCUT2D eigenvalue weighted by molar-refractivity contribution is 5.83. The molecule has 0 spiro atoms. The molecule has 1 aliphatic heterocycles. The molecule has 3 N–H and O–H groups in total. The normalized spacial score (nSPS) is 18.6. The Bertz CT molecular complexity index is 1410. The van der Waals surface area contributed by atoms with Crippen LogP contribution in [0.15, 0.2) is 29.1 Å². The van der Waals surface area contributed by atoms with Gasteiger partial charge in [-0.3, -0.25) is 14.4 Å². The number of aryl methyl sites for hydroxylation is 1. The highest BCUT2D eigenvalue weighted by Crippen LogP contribution is 2.50. The number of benzene rings is 1. The molecule has 10 nitrogen and oxygen atoms in total. The van der Waals surface area contributed by atoms with E-state index in [1.165, 1.54) is 6.92 Å². The van der Waals surface area contributed by atoms with Crippen LogP contribution in [-0.4, -0.2) is 57.9 Å². The lowest BCUT2D eigenvalue weighted by Gasteiger charge is -2.35. The van der Waals surface area contributed by atoms with E-state index in [0.29, 0.717) is 55.4 Å². The number of ether oxygens (including phenoxy) is 4. The van der Waals surface area contributed by atoms with E-state index in [9.17, 15) is 14.4 Å². The van der Waals surface area contributed by atoms with E-state index in [1.54, 1.807) is 33.5 Å². The standard InChI is InChI=1S/C34H47N3O7/c1-21(38)36-26-13-11-22-18-29(41-4)32(42-5)33(43-6)31(22)24-12-14-27(28(39)19-25(24)26)35-16-9-7-8-10-30(40)37-23-15-17-44-34(2,3)20-23/h12,14,18-19,23,26H,7-11,13,15-17,20H2,1-6H3,(H,35,39)(H,36,38)(H,37,40)/t23-,26-/m0/s1. The van der Waals surface area contributed by atoms with Crippen LogP contribution in [0.25, 0.3) is 11.1 Å². The number of rotatable bonds is 12. The molecule has 0 aromatic heterocycles. The molecule has 2 aromatic carbocycles. The van der Waals surface area contributed by atoms with E-state index in [0.717, 1.165) is 54.4 Å². The molecule has 2 amide bonds. The highest BCUT2D eigenvalue weighted by Gasteiger charge is 2.30. The Morgan fingerprint density at radius 3 is 2.43 bits per heavy atom. The maximum absolute atomic E-state index is 13.5. The fraction of sp³-hybridized carbons (Fsp3) is 0.559.